The number of fused-ring (bicyclic) bond motifs is 1. The number of hydrogen-bond donors (Lipinski definition) is 2. The van der Waals surface area contributed by atoms with Crippen molar-refractivity contribution in [1.29, 1.82) is 0 Å². The van der Waals surface area contributed by atoms with Crippen LogP contribution in [0.15, 0.2) is 59.6 Å². The third-order valence-electron chi connectivity index (χ3n) is 8.06. The Kier molecular flexibility index (Phi) is 8.77. The molecule has 4 aromatic rings. The van der Waals surface area contributed by atoms with Crippen LogP contribution in [0.4, 0.5) is 11.8 Å². The predicted octanol–water partition coefficient (Wildman–Crippen LogP) is 6.69. The minimum Gasteiger partial charge on any atom is -0.351 e. The normalized spacial score (nSPS) is 17.6. The molecule has 0 saturated heterocycles. The van der Waals surface area contributed by atoms with Crippen molar-refractivity contribution < 1.29 is 8.42 Å². The Morgan fingerprint density at radius 3 is 2.46 bits per heavy atom. The fraction of sp³-hybridized carbons (Fsp3) is 0.387. The van der Waals surface area contributed by atoms with Crippen molar-refractivity contribution in [2.75, 3.05) is 23.6 Å². The maximum Gasteiger partial charge on any atom is 0.264 e. The van der Waals surface area contributed by atoms with Gasteiger partial charge in [0, 0.05) is 34.9 Å². The Morgan fingerprint density at radius 2 is 1.78 bits per heavy atom. The van der Waals surface area contributed by atoms with Gasteiger partial charge in [-0.1, -0.05) is 37.6 Å². The molecule has 0 bridgehead atoms. The molecule has 10 heteroatoms. The summed E-state index contributed by atoms with van der Waals surface area (Å²) in [5, 5.41) is 4.70. The first-order chi connectivity index (χ1) is 19.7. The summed E-state index contributed by atoms with van der Waals surface area (Å²) in [4.78, 5) is 16.6. The molecule has 0 spiro atoms. The standard InChI is InChI=1S/C31H37ClN6O2S/c1-5-21-17-22(26-15-16-29(34-20(26)3)37-41(39,40)28-10-8-7-9-27(28)32)18-23-19-33-31(36-30(21)23)35-24-11-13-25(14-12-24)38(4)6-2/h7-10,15-19,24-25H,5-6,11-14H2,1-4H3,(H,34,37)(H,33,35,36). The maximum atomic E-state index is 12.9. The van der Waals surface area contributed by atoms with Crippen LogP contribution >= 0.6 is 11.6 Å². The quantitative estimate of drug-likeness (QED) is 0.223. The molecule has 2 N–H and O–H groups in total. The Hall–Kier alpha value is -3.27. The number of hydrogen-bond acceptors (Lipinski definition) is 7. The highest BCUT2D eigenvalue weighted by atomic mass is 35.5. The fourth-order valence-electron chi connectivity index (χ4n) is 5.59. The monoisotopic (exact) mass is 592 g/mol. The van der Waals surface area contributed by atoms with Gasteiger partial charge in [0.25, 0.3) is 10.0 Å². The molecule has 1 saturated carbocycles. The van der Waals surface area contributed by atoms with Crippen LogP contribution in [0, 0.1) is 6.92 Å². The first-order valence-electron chi connectivity index (χ1n) is 14.2. The van der Waals surface area contributed by atoms with E-state index in [9.17, 15) is 8.42 Å². The van der Waals surface area contributed by atoms with Gasteiger partial charge in [-0.25, -0.2) is 23.4 Å². The largest absolute Gasteiger partial charge is 0.351 e. The predicted molar refractivity (Wildman–Crippen MR) is 167 cm³/mol. The lowest BCUT2D eigenvalue weighted by Gasteiger charge is -2.34. The zero-order valence-corrected chi connectivity index (χ0v) is 25.6. The topological polar surface area (TPSA) is 100 Å². The molecule has 0 amide bonds. The Labute approximate surface area is 247 Å². The van der Waals surface area contributed by atoms with Gasteiger partial charge in [-0.3, -0.25) is 4.72 Å². The van der Waals surface area contributed by atoms with E-state index in [1.54, 1.807) is 24.3 Å². The van der Waals surface area contributed by atoms with Gasteiger partial charge in [0.2, 0.25) is 5.95 Å². The number of anilines is 2. The lowest BCUT2D eigenvalue weighted by Crippen LogP contribution is -2.38. The van der Waals surface area contributed by atoms with Crippen molar-refractivity contribution in [1.82, 2.24) is 19.9 Å². The fourth-order valence-corrected chi connectivity index (χ4v) is 7.12. The van der Waals surface area contributed by atoms with E-state index >= 15 is 0 Å². The van der Waals surface area contributed by atoms with Gasteiger partial charge in [0.15, 0.2) is 0 Å². The van der Waals surface area contributed by atoms with Gasteiger partial charge in [-0.2, -0.15) is 0 Å². The third-order valence-corrected chi connectivity index (χ3v) is 9.91. The van der Waals surface area contributed by atoms with Crippen LogP contribution in [0.5, 0.6) is 0 Å². The van der Waals surface area contributed by atoms with Gasteiger partial charge >= 0.3 is 0 Å². The van der Waals surface area contributed by atoms with Crippen LogP contribution in [-0.2, 0) is 16.4 Å². The van der Waals surface area contributed by atoms with E-state index in [0.717, 1.165) is 53.4 Å². The van der Waals surface area contributed by atoms with Crippen molar-refractivity contribution in [3.05, 3.63) is 71.0 Å². The molecule has 1 aliphatic carbocycles. The van der Waals surface area contributed by atoms with Gasteiger partial charge in [0.1, 0.15) is 10.7 Å². The molecule has 2 aromatic heterocycles. The smallest absolute Gasteiger partial charge is 0.264 e. The number of benzene rings is 2. The second-order valence-electron chi connectivity index (χ2n) is 10.7. The number of halogens is 1. The van der Waals surface area contributed by atoms with E-state index in [4.69, 9.17) is 16.6 Å². The maximum absolute atomic E-state index is 12.9. The molecule has 41 heavy (non-hydrogen) atoms. The second kappa shape index (κ2) is 12.3. The first kappa shape index (κ1) is 29.2. The molecule has 2 aromatic carbocycles. The zero-order valence-electron chi connectivity index (χ0n) is 24.0. The average Bonchev–Trinajstić information content (AvgIpc) is 2.96. The van der Waals surface area contributed by atoms with Crippen molar-refractivity contribution in [3.8, 4) is 11.1 Å². The van der Waals surface area contributed by atoms with E-state index < -0.39 is 10.0 Å². The number of pyridine rings is 1. The Bertz CT molecular complexity index is 1650. The van der Waals surface area contributed by atoms with Gasteiger partial charge in [0.05, 0.1) is 10.5 Å². The summed E-state index contributed by atoms with van der Waals surface area (Å²) in [7, 11) is -1.66. The van der Waals surface area contributed by atoms with E-state index in [-0.39, 0.29) is 15.7 Å². The Balaban J connectivity index is 1.36. The highest BCUT2D eigenvalue weighted by Crippen LogP contribution is 2.31. The van der Waals surface area contributed by atoms with E-state index in [2.05, 4.69) is 57.9 Å². The van der Waals surface area contributed by atoms with Gasteiger partial charge in [-0.15, -0.1) is 0 Å². The first-order valence-corrected chi connectivity index (χ1v) is 16.1. The van der Waals surface area contributed by atoms with Crippen LogP contribution in [0.3, 0.4) is 0 Å². The summed E-state index contributed by atoms with van der Waals surface area (Å²) in [6.45, 7) is 7.29. The molecule has 0 radical (unpaired) electrons. The summed E-state index contributed by atoms with van der Waals surface area (Å²) in [5.74, 6) is 0.914. The highest BCUT2D eigenvalue weighted by molar-refractivity contribution is 7.92. The van der Waals surface area contributed by atoms with Crippen LogP contribution < -0.4 is 10.0 Å². The second-order valence-corrected chi connectivity index (χ2v) is 12.8. The molecular weight excluding hydrogens is 556 g/mol. The minimum atomic E-state index is -3.87. The number of rotatable bonds is 9. The molecule has 0 atom stereocenters. The number of nitrogens with zero attached hydrogens (tertiary/aromatic N) is 4. The van der Waals surface area contributed by atoms with Crippen molar-refractivity contribution >= 4 is 44.3 Å². The molecule has 8 nitrogen and oxygen atoms in total. The van der Waals surface area contributed by atoms with Crippen LogP contribution in [0.25, 0.3) is 22.0 Å². The molecular formula is C31H37ClN6O2S. The van der Waals surface area contributed by atoms with Gasteiger partial charge in [-0.05, 0) is 100 Å². The lowest BCUT2D eigenvalue weighted by molar-refractivity contribution is 0.194. The number of sulfonamides is 1. The van der Waals surface area contributed by atoms with Crippen molar-refractivity contribution in [3.63, 3.8) is 0 Å². The summed E-state index contributed by atoms with van der Waals surface area (Å²) >= 11 is 6.11. The molecule has 1 fully saturated rings. The van der Waals surface area contributed by atoms with Crippen LogP contribution in [0.1, 0.15) is 50.8 Å². The summed E-state index contributed by atoms with van der Waals surface area (Å²) in [5.41, 5.74) is 4.68. The number of aromatic nitrogens is 3. The van der Waals surface area contributed by atoms with E-state index in [1.165, 1.54) is 18.9 Å². The van der Waals surface area contributed by atoms with Crippen molar-refractivity contribution in [2.24, 2.45) is 0 Å². The van der Waals surface area contributed by atoms with E-state index in [0.29, 0.717) is 23.7 Å². The van der Waals surface area contributed by atoms with Crippen molar-refractivity contribution in [2.45, 2.75) is 69.9 Å². The molecule has 2 heterocycles. The van der Waals surface area contributed by atoms with Crippen LogP contribution in [0.2, 0.25) is 5.02 Å². The minimum absolute atomic E-state index is 0.0120. The Morgan fingerprint density at radius 1 is 1.02 bits per heavy atom. The van der Waals surface area contributed by atoms with Gasteiger partial charge < -0.3 is 10.2 Å². The average molecular weight is 593 g/mol. The summed E-state index contributed by atoms with van der Waals surface area (Å²) in [6.07, 6.45) is 7.31. The lowest BCUT2D eigenvalue weighted by atomic mass is 9.90. The molecule has 5 rings (SSSR count). The highest BCUT2D eigenvalue weighted by Gasteiger charge is 2.24. The molecule has 0 aliphatic heterocycles. The molecule has 1 aliphatic rings. The SMILES string of the molecule is CCc1cc(-c2ccc(NS(=O)(=O)c3ccccc3Cl)nc2C)cc2cnc(NC3CCC(N(C)CC)CC3)nc12. The summed E-state index contributed by atoms with van der Waals surface area (Å²) in [6, 6.07) is 15.1. The number of nitrogens with one attached hydrogen (secondary N) is 2. The molecule has 0 unspecified atom stereocenters. The summed E-state index contributed by atoms with van der Waals surface area (Å²) < 4.78 is 28.3. The molecule has 216 valence electrons. The zero-order chi connectivity index (χ0) is 29.1. The van der Waals surface area contributed by atoms with E-state index in [1.807, 2.05) is 19.2 Å². The number of aryl methyl sites for hydroxylation is 2. The van der Waals surface area contributed by atoms with Crippen LogP contribution in [-0.4, -0.2) is 53.9 Å². The third kappa shape index (κ3) is 6.47.